The second-order valence-electron chi connectivity index (χ2n) is 10.6. The quantitative estimate of drug-likeness (QED) is 0.374. The molecule has 0 bridgehead atoms. The summed E-state index contributed by atoms with van der Waals surface area (Å²) in [5, 5.41) is 15.6. The predicted molar refractivity (Wildman–Crippen MR) is 156 cm³/mol. The van der Waals surface area contributed by atoms with Crippen LogP contribution < -0.4 is 24.8 Å². The smallest absolute Gasteiger partial charge is 0.323 e. The summed E-state index contributed by atoms with van der Waals surface area (Å²) in [7, 11) is 2.03. The average Bonchev–Trinajstić information content (AvgIpc) is 3.43. The molecular formula is C31H36N4O6. The molecule has 2 aliphatic rings. The summed E-state index contributed by atoms with van der Waals surface area (Å²) < 4.78 is 17.3. The third kappa shape index (κ3) is 6.55. The van der Waals surface area contributed by atoms with Crippen molar-refractivity contribution in [1.82, 2.24) is 9.80 Å². The third-order valence-corrected chi connectivity index (χ3v) is 7.36. The van der Waals surface area contributed by atoms with Crippen LogP contribution in [0.25, 0.3) is 0 Å². The molecular weight excluding hydrogens is 524 g/mol. The molecule has 3 aromatic carbocycles. The summed E-state index contributed by atoms with van der Waals surface area (Å²) in [6.07, 6.45) is -0.302. The van der Waals surface area contributed by atoms with E-state index in [1.165, 1.54) is 5.56 Å². The highest BCUT2D eigenvalue weighted by Gasteiger charge is 2.34. The Bertz CT molecular complexity index is 1380. The minimum atomic E-state index is -0.498. The molecule has 3 atom stereocenters. The van der Waals surface area contributed by atoms with E-state index in [1.807, 2.05) is 39.1 Å². The number of nitrogens with one attached hydrogen (secondary N) is 2. The number of rotatable bonds is 8. The first-order valence-corrected chi connectivity index (χ1v) is 13.7. The Labute approximate surface area is 239 Å². The molecule has 0 spiro atoms. The number of hydrogen-bond donors (Lipinski definition) is 3. The number of aliphatic hydroxyl groups is 1. The number of nitrogens with zero attached hydrogens (tertiary/aromatic N) is 2. The molecule has 0 saturated carbocycles. The summed E-state index contributed by atoms with van der Waals surface area (Å²) in [4.78, 5) is 30.6. The van der Waals surface area contributed by atoms with Crippen molar-refractivity contribution >= 4 is 23.3 Å². The standard InChI is InChI=1S/C31H36N4O6/c1-20-15-35(21(2)18-36)30(37)24-10-7-11-25(33-31(38)32-23-12-13-26-27(14-23)40-19-39-26)29(24)41-28(20)17-34(3)16-22-8-5-4-6-9-22/h4-14,20-21,28,36H,15-19H2,1-3H3,(H2,32,33,38)/t20-,21+,28+/m1/s1. The van der Waals surface area contributed by atoms with E-state index in [9.17, 15) is 14.7 Å². The minimum absolute atomic E-state index is 0.0603. The molecule has 3 N–H and O–H groups in total. The van der Waals surface area contributed by atoms with E-state index in [2.05, 4.69) is 27.7 Å². The lowest BCUT2D eigenvalue weighted by molar-refractivity contribution is 0.0343. The SMILES string of the molecule is C[C@@H]1CN([C@@H](C)CO)C(=O)c2cccc(NC(=O)Nc3ccc4c(c3)OCO4)c2O[C@H]1CN(C)Cc1ccccc1. The lowest BCUT2D eigenvalue weighted by Gasteiger charge is -2.38. The van der Waals surface area contributed by atoms with E-state index in [4.69, 9.17) is 14.2 Å². The highest BCUT2D eigenvalue weighted by Crippen LogP contribution is 2.36. The van der Waals surface area contributed by atoms with E-state index in [-0.39, 0.29) is 37.4 Å². The van der Waals surface area contributed by atoms with Crippen LogP contribution in [0.4, 0.5) is 16.2 Å². The molecule has 3 aromatic rings. The van der Waals surface area contributed by atoms with Crippen LogP contribution in [0.5, 0.6) is 17.2 Å². The first kappa shape index (κ1) is 28.3. The highest BCUT2D eigenvalue weighted by atomic mass is 16.7. The number of carbonyl (C=O) groups is 2. The van der Waals surface area contributed by atoms with Gasteiger partial charge in [0, 0.05) is 37.3 Å². The van der Waals surface area contributed by atoms with Gasteiger partial charge in [-0.3, -0.25) is 9.69 Å². The van der Waals surface area contributed by atoms with Crippen LogP contribution in [-0.2, 0) is 6.54 Å². The van der Waals surface area contributed by atoms with Crippen LogP contribution in [0.1, 0.15) is 29.8 Å². The number of ether oxygens (including phenoxy) is 3. The van der Waals surface area contributed by atoms with Crippen molar-refractivity contribution < 1.29 is 28.9 Å². The summed E-state index contributed by atoms with van der Waals surface area (Å²) >= 11 is 0. The molecule has 216 valence electrons. The number of likely N-dealkylation sites (N-methyl/N-ethyl adjacent to an activating group) is 1. The molecule has 0 aliphatic carbocycles. The summed E-state index contributed by atoms with van der Waals surface area (Å²) in [6.45, 7) is 5.58. The molecule has 10 heteroatoms. The lowest BCUT2D eigenvalue weighted by atomic mass is 9.99. The first-order valence-electron chi connectivity index (χ1n) is 13.7. The zero-order valence-electron chi connectivity index (χ0n) is 23.5. The van der Waals surface area contributed by atoms with Crippen LogP contribution in [0.3, 0.4) is 0 Å². The highest BCUT2D eigenvalue weighted by molar-refractivity contribution is 6.04. The topological polar surface area (TPSA) is 113 Å². The maximum atomic E-state index is 13.7. The number of hydrogen-bond acceptors (Lipinski definition) is 7. The van der Waals surface area contributed by atoms with E-state index < -0.39 is 6.03 Å². The Hall–Kier alpha value is -4.28. The molecule has 2 aliphatic heterocycles. The van der Waals surface area contributed by atoms with E-state index in [0.717, 1.165) is 6.54 Å². The Morgan fingerprint density at radius 3 is 2.63 bits per heavy atom. The van der Waals surface area contributed by atoms with Gasteiger partial charge in [-0.1, -0.05) is 43.3 Å². The van der Waals surface area contributed by atoms with Crippen molar-refractivity contribution in [2.24, 2.45) is 5.92 Å². The van der Waals surface area contributed by atoms with Crippen molar-refractivity contribution in [2.75, 3.05) is 44.2 Å². The number of carbonyl (C=O) groups excluding carboxylic acids is 2. The van der Waals surface area contributed by atoms with Gasteiger partial charge < -0.3 is 34.9 Å². The van der Waals surface area contributed by atoms with Gasteiger partial charge in [0.1, 0.15) is 6.10 Å². The number of anilines is 2. The molecule has 2 heterocycles. The van der Waals surface area contributed by atoms with Crippen LogP contribution in [-0.4, -0.2) is 72.5 Å². The van der Waals surface area contributed by atoms with Crippen molar-refractivity contribution in [3.8, 4) is 17.2 Å². The Morgan fingerprint density at radius 1 is 1.07 bits per heavy atom. The largest absolute Gasteiger partial charge is 0.486 e. The van der Waals surface area contributed by atoms with Crippen molar-refractivity contribution in [2.45, 2.75) is 32.5 Å². The van der Waals surface area contributed by atoms with Crippen LogP contribution in [0.15, 0.2) is 66.7 Å². The zero-order chi connectivity index (χ0) is 28.9. The fraction of sp³-hybridized carbons (Fsp3) is 0.355. The Kier molecular flexibility index (Phi) is 8.61. The summed E-state index contributed by atoms with van der Waals surface area (Å²) in [6, 6.07) is 19.5. The Balaban J connectivity index is 1.41. The molecule has 3 amide bonds. The molecule has 0 saturated heterocycles. The van der Waals surface area contributed by atoms with Crippen LogP contribution in [0, 0.1) is 5.92 Å². The van der Waals surface area contributed by atoms with Gasteiger partial charge in [0.25, 0.3) is 5.91 Å². The Morgan fingerprint density at radius 2 is 1.85 bits per heavy atom. The van der Waals surface area contributed by atoms with Gasteiger partial charge in [-0.15, -0.1) is 0 Å². The van der Waals surface area contributed by atoms with Gasteiger partial charge >= 0.3 is 6.03 Å². The maximum absolute atomic E-state index is 13.7. The number of para-hydroxylation sites is 1. The van der Waals surface area contributed by atoms with Crippen molar-refractivity contribution in [3.05, 3.63) is 77.9 Å². The van der Waals surface area contributed by atoms with Gasteiger partial charge in [-0.2, -0.15) is 0 Å². The van der Waals surface area contributed by atoms with E-state index in [1.54, 1.807) is 41.3 Å². The van der Waals surface area contributed by atoms with Gasteiger partial charge in [-0.25, -0.2) is 4.79 Å². The average molecular weight is 561 g/mol. The molecule has 41 heavy (non-hydrogen) atoms. The molecule has 0 radical (unpaired) electrons. The van der Waals surface area contributed by atoms with Crippen molar-refractivity contribution in [3.63, 3.8) is 0 Å². The number of fused-ring (bicyclic) bond motifs is 2. The van der Waals surface area contributed by atoms with Crippen molar-refractivity contribution in [1.29, 1.82) is 0 Å². The monoisotopic (exact) mass is 560 g/mol. The molecule has 0 fully saturated rings. The fourth-order valence-corrected chi connectivity index (χ4v) is 5.09. The fourth-order valence-electron chi connectivity index (χ4n) is 5.09. The normalized spacial score (nSPS) is 18.7. The van der Waals surface area contributed by atoms with Gasteiger partial charge in [0.05, 0.1) is 23.9 Å². The van der Waals surface area contributed by atoms with Gasteiger partial charge in [-0.05, 0) is 43.8 Å². The molecule has 10 nitrogen and oxygen atoms in total. The van der Waals surface area contributed by atoms with Gasteiger partial charge in [0.2, 0.25) is 6.79 Å². The van der Waals surface area contributed by atoms with E-state index >= 15 is 0 Å². The van der Waals surface area contributed by atoms with Gasteiger partial charge in [0.15, 0.2) is 17.2 Å². The van der Waals surface area contributed by atoms with Crippen LogP contribution >= 0.6 is 0 Å². The van der Waals surface area contributed by atoms with E-state index in [0.29, 0.717) is 47.3 Å². The number of aliphatic hydroxyl groups excluding tert-OH is 1. The zero-order valence-corrected chi connectivity index (χ0v) is 23.5. The molecule has 0 unspecified atom stereocenters. The second kappa shape index (κ2) is 12.5. The lowest BCUT2D eigenvalue weighted by Crippen LogP contribution is -2.49. The first-order chi connectivity index (χ1) is 19.8. The number of benzene rings is 3. The number of amides is 3. The molecule has 0 aromatic heterocycles. The summed E-state index contributed by atoms with van der Waals surface area (Å²) in [5.41, 5.74) is 2.41. The second-order valence-corrected chi connectivity index (χ2v) is 10.6. The number of urea groups is 1. The third-order valence-electron chi connectivity index (χ3n) is 7.36. The maximum Gasteiger partial charge on any atom is 0.323 e. The molecule has 5 rings (SSSR count). The van der Waals surface area contributed by atoms with Crippen LogP contribution in [0.2, 0.25) is 0 Å². The minimum Gasteiger partial charge on any atom is -0.486 e. The predicted octanol–water partition coefficient (Wildman–Crippen LogP) is 4.41. The summed E-state index contributed by atoms with van der Waals surface area (Å²) in [5.74, 6) is 1.15.